The Hall–Kier alpha value is -1.76. The number of hydrogen-bond acceptors (Lipinski definition) is 2. The Balaban J connectivity index is 1.83. The fourth-order valence-corrected chi connectivity index (χ4v) is 2.30. The largest absolute Gasteiger partial charge is 0.416 e. The van der Waals surface area contributed by atoms with E-state index >= 15 is 0 Å². The summed E-state index contributed by atoms with van der Waals surface area (Å²) in [5.74, 6) is 0. The summed E-state index contributed by atoms with van der Waals surface area (Å²) < 4.78 is 42.9. The molecule has 1 aliphatic heterocycles. The predicted molar refractivity (Wildman–Crippen MR) is 75.4 cm³/mol. The van der Waals surface area contributed by atoms with E-state index in [1.807, 2.05) is 0 Å². The second kappa shape index (κ2) is 7.00. The minimum atomic E-state index is -4.35. The van der Waals surface area contributed by atoms with Crippen molar-refractivity contribution in [3.05, 3.63) is 35.4 Å². The van der Waals surface area contributed by atoms with Crippen LogP contribution < -0.4 is 10.6 Å². The normalized spacial score (nSPS) is 19.7. The zero-order valence-electron chi connectivity index (χ0n) is 12.2. The Morgan fingerprint density at radius 3 is 2.59 bits per heavy atom. The van der Waals surface area contributed by atoms with Crippen LogP contribution in [-0.4, -0.2) is 25.3 Å². The molecule has 1 aromatic carbocycles. The van der Waals surface area contributed by atoms with Crippen LogP contribution in [0.4, 0.5) is 18.0 Å². The smallest absolute Gasteiger partial charge is 0.376 e. The topological polar surface area (TPSA) is 50.4 Å². The van der Waals surface area contributed by atoms with Crippen molar-refractivity contribution in [1.82, 2.24) is 10.6 Å². The van der Waals surface area contributed by atoms with E-state index in [1.165, 1.54) is 12.1 Å². The third kappa shape index (κ3) is 4.62. The van der Waals surface area contributed by atoms with Crippen molar-refractivity contribution >= 4 is 6.03 Å². The van der Waals surface area contributed by atoms with Crippen molar-refractivity contribution in [3.63, 3.8) is 0 Å². The molecule has 2 amide bonds. The van der Waals surface area contributed by atoms with Crippen LogP contribution in [0.15, 0.2) is 24.3 Å². The highest BCUT2D eigenvalue weighted by molar-refractivity contribution is 5.74. The molecule has 0 aromatic heterocycles. The van der Waals surface area contributed by atoms with Crippen LogP contribution in [0.1, 0.15) is 36.9 Å². The number of halogens is 3. The Morgan fingerprint density at radius 2 is 2.05 bits per heavy atom. The van der Waals surface area contributed by atoms with Gasteiger partial charge in [-0.15, -0.1) is 0 Å². The highest BCUT2D eigenvalue weighted by Gasteiger charge is 2.30. The Kier molecular flexibility index (Phi) is 5.28. The molecule has 22 heavy (non-hydrogen) atoms. The number of carbonyl (C=O) groups excluding carboxylic acids is 1. The maximum absolute atomic E-state index is 12.5. The monoisotopic (exact) mass is 316 g/mol. The Bertz CT molecular complexity index is 497. The minimum absolute atomic E-state index is 0.0483. The first-order valence-electron chi connectivity index (χ1n) is 7.19. The van der Waals surface area contributed by atoms with Crippen LogP contribution in [0.2, 0.25) is 0 Å². The minimum Gasteiger partial charge on any atom is -0.376 e. The molecule has 2 N–H and O–H groups in total. The van der Waals surface area contributed by atoms with E-state index in [1.54, 1.807) is 6.92 Å². The van der Waals surface area contributed by atoms with Crippen LogP contribution in [0.25, 0.3) is 0 Å². The van der Waals surface area contributed by atoms with E-state index in [9.17, 15) is 18.0 Å². The summed E-state index contributed by atoms with van der Waals surface area (Å²) in [6, 6.07) is 4.02. The first-order valence-corrected chi connectivity index (χ1v) is 7.19. The third-order valence-corrected chi connectivity index (χ3v) is 3.60. The maximum atomic E-state index is 12.5. The molecule has 1 fully saturated rings. The van der Waals surface area contributed by atoms with Crippen LogP contribution in [0, 0.1) is 0 Å². The van der Waals surface area contributed by atoms with Gasteiger partial charge in [-0.1, -0.05) is 12.1 Å². The summed E-state index contributed by atoms with van der Waals surface area (Å²) in [5, 5.41) is 5.40. The van der Waals surface area contributed by atoms with E-state index in [0.717, 1.165) is 31.6 Å². The molecule has 122 valence electrons. The summed E-state index contributed by atoms with van der Waals surface area (Å²) in [4.78, 5) is 11.8. The molecular weight excluding hydrogens is 297 g/mol. The zero-order chi connectivity index (χ0) is 16.2. The standard InChI is InChI=1S/C15H19F3N2O2/c1-10(11-4-6-12(7-5-11)15(16,17)18)20-14(21)19-9-13-3-2-8-22-13/h4-7,10,13H,2-3,8-9H2,1H3,(H2,19,20,21). The van der Waals surface area contributed by atoms with Gasteiger partial charge in [0.1, 0.15) is 0 Å². The van der Waals surface area contributed by atoms with E-state index in [2.05, 4.69) is 10.6 Å². The molecule has 0 saturated carbocycles. The molecule has 1 aromatic rings. The SMILES string of the molecule is CC(NC(=O)NCC1CCCO1)c1ccc(C(F)(F)F)cc1. The molecule has 1 saturated heterocycles. The molecule has 7 heteroatoms. The number of ether oxygens (including phenoxy) is 1. The van der Waals surface area contributed by atoms with Gasteiger partial charge in [0.2, 0.25) is 0 Å². The lowest BCUT2D eigenvalue weighted by Gasteiger charge is -2.17. The fourth-order valence-electron chi connectivity index (χ4n) is 2.30. The summed E-state index contributed by atoms with van der Waals surface area (Å²) >= 11 is 0. The highest BCUT2D eigenvalue weighted by Crippen LogP contribution is 2.29. The second-order valence-corrected chi connectivity index (χ2v) is 5.33. The summed E-state index contributed by atoms with van der Waals surface area (Å²) in [7, 11) is 0. The molecule has 2 rings (SSSR count). The molecule has 2 atom stereocenters. The van der Waals surface area contributed by atoms with Crippen molar-refractivity contribution in [1.29, 1.82) is 0 Å². The lowest BCUT2D eigenvalue weighted by Crippen LogP contribution is -2.40. The molecule has 0 aliphatic carbocycles. The average Bonchev–Trinajstić information content (AvgIpc) is 2.97. The van der Waals surface area contributed by atoms with Gasteiger partial charge in [0, 0.05) is 13.2 Å². The van der Waals surface area contributed by atoms with E-state index in [-0.39, 0.29) is 18.2 Å². The van der Waals surface area contributed by atoms with E-state index < -0.39 is 11.7 Å². The molecule has 1 aliphatic rings. The van der Waals surface area contributed by atoms with E-state index in [4.69, 9.17) is 4.74 Å². The van der Waals surface area contributed by atoms with Gasteiger partial charge in [0.15, 0.2) is 0 Å². The number of nitrogens with one attached hydrogen (secondary N) is 2. The van der Waals surface area contributed by atoms with Crippen LogP contribution in [0.5, 0.6) is 0 Å². The Labute approximate surface area is 127 Å². The first-order chi connectivity index (χ1) is 10.4. The number of carbonyl (C=O) groups is 1. The van der Waals surface area contributed by atoms with Crippen LogP contribution >= 0.6 is 0 Å². The van der Waals surface area contributed by atoms with Gasteiger partial charge in [-0.3, -0.25) is 0 Å². The predicted octanol–water partition coefficient (Wildman–Crippen LogP) is 3.24. The zero-order valence-corrected chi connectivity index (χ0v) is 12.2. The van der Waals surface area contributed by atoms with Gasteiger partial charge < -0.3 is 15.4 Å². The van der Waals surface area contributed by atoms with Gasteiger partial charge >= 0.3 is 12.2 Å². The summed E-state index contributed by atoms with van der Waals surface area (Å²) in [6.07, 6.45) is -2.38. The number of alkyl halides is 3. The van der Waals surface area contributed by atoms with Crippen molar-refractivity contribution in [2.45, 2.75) is 38.1 Å². The van der Waals surface area contributed by atoms with E-state index in [0.29, 0.717) is 12.1 Å². The quantitative estimate of drug-likeness (QED) is 0.896. The van der Waals surface area contributed by atoms with Gasteiger partial charge in [-0.05, 0) is 37.5 Å². The van der Waals surface area contributed by atoms with Crippen LogP contribution in [-0.2, 0) is 10.9 Å². The molecule has 2 unspecified atom stereocenters. The molecule has 1 heterocycles. The van der Waals surface area contributed by atoms with Crippen LogP contribution in [0.3, 0.4) is 0 Å². The summed E-state index contributed by atoms with van der Waals surface area (Å²) in [5.41, 5.74) is -0.0912. The average molecular weight is 316 g/mol. The second-order valence-electron chi connectivity index (χ2n) is 5.33. The molecular formula is C15H19F3N2O2. The number of urea groups is 1. The number of rotatable bonds is 4. The van der Waals surface area contributed by atoms with Gasteiger partial charge in [-0.2, -0.15) is 13.2 Å². The maximum Gasteiger partial charge on any atom is 0.416 e. The molecule has 0 bridgehead atoms. The van der Waals surface area contributed by atoms with Gasteiger partial charge in [0.25, 0.3) is 0 Å². The highest BCUT2D eigenvalue weighted by atomic mass is 19.4. The van der Waals surface area contributed by atoms with Gasteiger partial charge in [0.05, 0.1) is 17.7 Å². The molecule has 0 radical (unpaired) electrons. The fraction of sp³-hybridized carbons (Fsp3) is 0.533. The van der Waals surface area contributed by atoms with Crippen molar-refractivity contribution in [3.8, 4) is 0 Å². The van der Waals surface area contributed by atoms with Crippen molar-refractivity contribution < 1.29 is 22.7 Å². The number of hydrogen-bond donors (Lipinski definition) is 2. The van der Waals surface area contributed by atoms with Crippen molar-refractivity contribution in [2.24, 2.45) is 0 Å². The lowest BCUT2D eigenvalue weighted by atomic mass is 10.1. The third-order valence-electron chi connectivity index (χ3n) is 3.60. The van der Waals surface area contributed by atoms with Gasteiger partial charge in [-0.25, -0.2) is 4.79 Å². The number of benzene rings is 1. The number of amides is 2. The Morgan fingerprint density at radius 1 is 1.36 bits per heavy atom. The van der Waals surface area contributed by atoms with Crippen molar-refractivity contribution in [2.75, 3.05) is 13.2 Å². The first kappa shape index (κ1) is 16.6. The molecule has 4 nitrogen and oxygen atoms in total. The summed E-state index contributed by atoms with van der Waals surface area (Å²) in [6.45, 7) is 2.87. The molecule has 0 spiro atoms. The lowest BCUT2D eigenvalue weighted by molar-refractivity contribution is -0.137.